The first-order valence-corrected chi connectivity index (χ1v) is 6.95. The van der Waals surface area contributed by atoms with E-state index < -0.39 is 0 Å². The summed E-state index contributed by atoms with van der Waals surface area (Å²) in [5.41, 5.74) is 1.18. The molecular weight excluding hydrogens is 259 g/mol. The fourth-order valence-electron chi connectivity index (χ4n) is 3.02. The molecule has 2 amide bonds. The molecule has 0 radical (unpaired) electrons. The molecule has 2 aliphatic rings. The Balaban J connectivity index is 1.94. The van der Waals surface area contributed by atoms with Crippen molar-refractivity contribution in [1.29, 1.82) is 0 Å². The van der Waals surface area contributed by atoms with Gasteiger partial charge in [-0.3, -0.25) is 9.59 Å². The zero-order chi connectivity index (χ0) is 14.3. The quantitative estimate of drug-likeness (QED) is 0.785. The number of carbonyl (C=O) groups excluding carboxylic acids is 2. The lowest BCUT2D eigenvalue weighted by atomic mass is 10.1. The molecule has 0 saturated carbocycles. The molecule has 1 atom stereocenters. The van der Waals surface area contributed by atoms with Crippen LogP contribution in [0.25, 0.3) is 0 Å². The second-order valence-corrected chi connectivity index (χ2v) is 5.42. The molecule has 1 unspecified atom stereocenters. The molecule has 2 heterocycles. The zero-order valence-electron chi connectivity index (χ0n) is 11.4. The summed E-state index contributed by atoms with van der Waals surface area (Å²) in [6.07, 6.45) is 1.93. The van der Waals surface area contributed by atoms with E-state index >= 15 is 0 Å². The smallest absolute Gasteiger partial charge is 0.249 e. The van der Waals surface area contributed by atoms with Gasteiger partial charge in [-0.2, -0.15) is 0 Å². The number of halogens is 1. The first-order valence-electron chi connectivity index (χ1n) is 6.95. The van der Waals surface area contributed by atoms with Crippen LogP contribution < -0.4 is 4.90 Å². The summed E-state index contributed by atoms with van der Waals surface area (Å²) in [5, 5.41) is 0. The second kappa shape index (κ2) is 4.89. The molecule has 20 heavy (non-hydrogen) atoms. The SMILES string of the molecule is Cc1cc(N2CCC(=O)N3CCCC3C2=O)ccc1F. The maximum Gasteiger partial charge on any atom is 0.249 e. The normalized spacial score (nSPS) is 23.0. The Bertz CT molecular complexity index is 573. The minimum Gasteiger partial charge on any atom is -0.331 e. The number of aryl methyl sites for hydroxylation is 1. The molecule has 4 nitrogen and oxygen atoms in total. The third kappa shape index (κ3) is 2.07. The standard InChI is InChI=1S/C15H17FN2O2/c1-10-9-11(4-5-12(10)16)17-8-6-14(19)18-7-2-3-13(18)15(17)20/h4-5,9,13H,2-3,6-8H2,1H3. The Morgan fingerprint density at radius 3 is 2.80 bits per heavy atom. The number of carbonyl (C=O) groups is 2. The minimum absolute atomic E-state index is 0.0423. The van der Waals surface area contributed by atoms with E-state index in [1.165, 1.54) is 6.07 Å². The Morgan fingerprint density at radius 1 is 1.25 bits per heavy atom. The van der Waals surface area contributed by atoms with E-state index in [0.717, 1.165) is 12.8 Å². The van der Waals surface area contributed by atoms with Crippen molar-refractivity contribution in [3.05, 3.63) is 29.6 Å². The molecule has 1 aromatic carbocycles. The van der Waals surface area contributed by atoms with Gasteiger partial charge >= 0.3 is 0 Å². The van der Waals surface area contributed by atoms with E-state index in [4.69, 9.17) is 0 Å². The Morgan fingerprint density at radius 2 is 2.05 bits per heavy atom. The molecule has 106 valence electrons. The second-order valence-electron chi connectivity index (χ2n) is 5.42. The third-order valence-corrected chi connectivity index (χ3v) is 4.13. The number of hydrogen-bond acceptors (Lipinski definition) is 2. The van der Waals surface area contributed by atoms with Gasteiger partial charge < -0.3 is 9.80 Å². The van der Waals surface area contributed by atoms with Crippen LogP contribution in [0.2, 0.25) is 0 Å². The largest absolute Gasteiger partial charge is 0.331 e. The monoisotopic (exact) mass is 276 g/mol. The van der Waals surface area contributed by atoms with E-state index in [1.54, 1.807) is 28.9 Å². The molecular formula is C15H17FN2O2. The number of benzene rings is 1. The van der Waals surface area contributed by atoms with E-state index in [9.17, 15) is 14.0 Å². The highest BCUT2D eigenvalue weighted by Gasteiger charge is 2.39. The predicted molar refractivity (Wildman–Crippen MR) is 72.8 cm³/mol. The molecule has 2 saturated heterocycles. The fraction of sp³-hybridized carbons (Fsp3) is 0.467. The molecule has 2 aliphatic heterocycles. The lowest BCUT2D eigenvalue weighted by Crippen LogP contribution is -2.43. The van der Waals surface area contributed by atoms with Gasteiger partial charge in [0.15, 0.2) is 0 Å². The number of anilines is 1. The van der Waals surface area contributed by atoms with Crippen molar-refractivity contribution in [2.75, 3.05) is 18.0 Å². The zero-order valence-corrected chi connectivity index (χ0v) is 11.4. The highest BCUT2D eigenvalue weighted by molar-refractivity contribution is 6.01. The van der Waals surface area contributed by atoms with E-state index in [2.05, 4.69) is 0 Å². The third-order valence-electron chi connectivity index (χ3n) is 4.13. The van der Waals surface area contributed by atoms with Crippen LogP contribution in [0.4, 0.5) is 10.1 Å². The summed E-state index contributed by atoms with van der Waals surface area (Å²) in [6, 6.07) is 4.31. The summed E-state index contributed by atoms with van der Waals surface area (Å²) in [5.74, 6) is -0.281. The summed E-state index contributed by atoms with van der Waals surface area (Å²) in [7, 11) is 0. The van der Waals surface area contributed by atoms with Gasteiger partial charge in [0.1, 0.15) is 11.9 Å². The van der Waals surface area contributed by atoms with Gasteiger partial charge in [-0.15, -0.1) is 0 Å². The number of amides is 2. The lowest BCUT2D eigenvalue weighted by molar-refractivity contribution is -0.135. The Labute approximate surface area is 117 Å². The molecule has 5 heteroatoms. The summed E-state index contributed by atoms with van der Waals surface area (Å²) >= 11 is 0. The first-order chi connectivity index (χ1) is 9.58. The van der Waals surface area contributed by atoms with Gasteiger partial charge in [0, 0.05) is 25.2 Å². The highest BCUT2D eigenvalue weighted by atomic mass is 19.1. The van der Waals surface area contributed by atoms with Crippen LogP contribution in [0.3, 0.4) is 0 Å². The first kappa shape index (κ1) is 13.1. The summed E-state index contributed by atoms with van der Waals surface area (Å²) < 4.78 is 13.4. The maximum atomic E-state index is 13.4. The molecule has 0 spiro atoms. The minimum atomic E-state index is -0.338. The molecule has 2 fully saturated rings. The summed E-state index contributed by atoms with van der Waals surface area (Å²) in [6.45, 7) is 2.72. The van der Waals surface area contributed by atoms with Gasteiger partial charge in [-0.25, -0.2) is 4.39 Å². The molecule has 0 aliphatic carbocycles. The van der Waals surface area contributed by atoms with E-state index in [1.807, 2.05) is 0 Å². The van der Waals surface area contributed by atoms with Gasteiger partial charge in [0.05, 0.1) is 0 Å². The van der Waals surface area contributed by atoms with Crippen molar-refractivity contribution >= 4 is 17.5 Å². The fourth-order valence-corrected chi connectivity index (χ4v) is 3.02. The van der Waals surface area contributed by atoms with Crippen LogP contribution in [-0.4, -0.2) is 35.8 Å². The Hall–Kier alpha value is -1.91. The average Bonchev–Trinajstić information content (AvgIpc) is 2.87. The lowest BCUT2D eigenvalue weighted by Gasteiger charge is -2.25. The van der Waals surface area contributed by atoms with Crippen molar-refractivity contribution in [3.8, 4) is 0 Å². The highest BCUT2D eigenvalue weighted by Crippen LogP contribution is 2.27. The van der Waals surface area contributed by atoms with Gasteiger partial charge in [-0.1, -0.05) is 0 Å². The van der Waals surface area contributed by atoms with Crippen molar-refractivity contribution in [2.45, 2.75) is 32.2 Å². The number of hydrogen-bond donors (Lipinski definition) is 0. The predicted octanol–water partition coefficient (Wildman–Crippen LogP) is 1.86. The topological polar surface area (TPSA) is 40.6 Å². The molecule has 0 N–H and O–H groups in total. The molecule has 0 aromatic heterocycles. The van der Waals surface area contributed by atoms with Gasteiger partial charge in [0.25, 0.3) is 0 Å². The van der Waals surface area contributed by atoms with Gasteiger partial charge in [-0.05, 0) is 43.5 Å². The number of rotatable bonds is 1. The summed E-state index contributed by atoms with van der Waals surface area (Å²) in [4.78, 5) is 28.0. The van der Waals surface area contributed by atoms with Crippen molar-refractivity contribution < 1.29 is 14.0 Å². The van der Waals surface area contributed by atoms with Crippen LogP contribution in [-0.2, 0) is 9.59 Å². The van der Waals surface area contributed by atoms with Crippen LogP contribution in [0.5, 0.6) is 0 Å². The average molecular weight is 276 g/mol. The Kier molecular flexibility index (Phi) is 3.20. The van der Waals surface area contributed by atoms with E-state index in [-0.39, 0.29) is 23.7 Å². The number of nitrogens with zero attached hydrogens (tertiary/aromatic N) is 2. The molecule has 3 rings (SSSR count). The maximum absolute atomic E-state index is 13.4. The van der Waals surface area contributed by atoms with Crippen molar-refractivity contribution in [2.24, 2.45) is 0 Å². The number of fused-ring (bicyclic) bond motifs is 1. The van der Waals surface area contributed by atoms with Crippen molar-refractivity contribution in [3.63, 3.8) is 0 Å². The van der Waals surface area contributed by atoms with Crippen LogP contribution in [0, 0.1) is 12.7 Å². The van der Waals surface area contributed by atoms with E-state index in [0.29, 0.717) is 30.8 Å². The van der Waals surface area contributed by atoms with Crippen LogP contribution in [0.1, 0.15) is 24.8 Å². The van der Waals surface area contributed by atoms with Gasteiger partial charge in [0.2, 0.25) is 11.8 Å². The van der Waals surface area contributed by atoms with Crippen molar-refractivity contribution in [1.82, 2.24) is 4.90 Å². The van der Waals surface area contributed by atoms with Crippen LogP contribution >= 0.6 is 0 Å². The molecule has 1 aromatic rings. The molecule has 0 bridgehead atoms. The van der Waals surface area contributed by atoms with Crippen LogP contribution in [0.15, 0.2) is 18.2 Å².